The van der Waals surface area contributed by atoms with E-state index in [1.807, 2.05) is 0 Å². The number of thiazole rings is 1. The fraction of sp³-hybridized carbons (Fsp3) is 0.733. The summed E-state index contributed by atoms with van der Waals surface area (Å²) < 4.78 is 0. The first-order valence-corrected chi connectivity index (χ1v) is 8.47. The zero-order chi connectivity index (χ0) is 14.4. The van der Waals surface area contributed by atoms with Crippen LogP contribution in [-0.2, 0) is 17.6 Å². The second kappa shape index (κ2) is 7.62. The van der Waals surface area contributed by atoms with Crippen LogP contribution in [0.15, 0.2) is 0 Å². The number of anilines is 1. The number of carbonyl (C=O) groups is 1. The molecule has 1 aromatic rings. The topological polar surface area (TPSA) is 53.4 Å². The maximum atomic E-state index is 10.8. The third-order valence-electron chi connectivity index (χ3n) is 3.70. The van der Waals surface area contributed by atoms with Gasteiger partial charge < -0.3 is 10.0 Å². The molecule has 0 unspecified atom stereocenters. The molecule has 1 aliphatic rings. The molecule has 0 bridgehead atoms. The average molecular weight is 296 g/mol. The van der Waals surface area contributed by atoms with Gasteiger partial charge in [0.15, 0.2) is 5.13 Å². The molecular formula is C15H24N2O2S. The lowest BCUT2D eigenvalue weighted by molar-refractivity contribution is -0.136. The van der Waals surface area contributed by atoms with E-state index < -0.39 is 5.97 Å². The normalized spacial score (nSPS) is 16.1. The lowest BCUT2D eigenvalue weighted by Crippen LogP contribution is -2.23. The molecule has 2 rings (SSSR count). The molecule has 112 valence electrons. The minimum atomic E-state index is -0.725. The van der Waals surface area contributed by atoms with Crippen LogP contribution in [0.2, 0.25) is 0 Å². The second-order valence-electron chi connectivity index (χ2n) is 5.41. The van der Waals surface area contributed by atoms with Crippen molar-refractivity contribution in [3.8, 4) is 0 Å². The van der Waals surface area contributed by atoms with Crippen LogP contribution in [0.3, 0.4) is 0 Å². The molecule has 0 spiro atoms. The molecule has 0 saturated carbocycles. The first kappa shape index (κ1) is 15.3. The molecule has 20 heavy (non-hydrogen) atoms. The van der Waals surface area contributed by atoms with Crippen LogP contribution >= 0.6 is 11.3 Å². The highest BCUT2D eigenvalue weighted by Gasteiger charge is 2.17. The molecule has 1 aromatic heterocycles. The molecule has 0 aromatic carbocycles. The predicted molar refractivity (Wildman–Crippen MR) is 82.7 cm³/mol. The van der Waals surface area contributed by atoms with Gasteiger partial charge in [-0.2, -0.15) is 0 Å². The summed E-state index contributed by atoms with van der Waals surface area (Å²) in [6.45, 7) is 4.33. The molecule has 0 aliphatic carbocycles. The van der Waals surface area contributed by atoms with Crippen LogP contribution in [0.25, 0.3) is 0 Å². The largest absolute Gasteiger partial charge is 0.481 e. The lowest BCUT2D eigenvalue weighted by atomic mass is 10.2. The first-order valence-electron chi connectivity index (χ1n) is 7.66. The van der Waals surface area contributed by atoms with Crippen molar-refractivity contribution in [3.05, 3.63) is 10.6 Å². The standard InChI is InChI=1S/C15H24N2O2S/c1-2-7-12-13(8-9-14(18)19)20-15(16-12)17-10-5-3-4-6-11-17/h2-11H2,1H3,(H,18,19). The van der Waals surface area contributed by atoms with Crippen LogP contribution in [0.4, 0.5) is 5.13 Å². The number of aromatic nitrogens is 1. The van der Waals surface area contributed by atoms with Gasteiger partial charge >= 0.3 is 5.97 Å². The van der Waals surface area contributed by atoms with E-state index in [1.54, 1.807) is 11.3 Å². The number of hydrogen-bond donors (Lipinski definition) is 1. The molecule has 1 N–H and O–H groups in total. The molecule has 0 radical (unpaired) electrons. The molecular weight excluding hydrogens is 272 g/mol. The Labute approximate surface area is 124 Å². The summed E-state index contributed by atoms with van der Waals surface area (Å²) in [7, 11) is 0. The van der Waals surface area contributed by atoms with E-state index in [1.165, 1.54) is 30.6 Å². The number of aliphatic carboxylic acids is 1. The van der Waals surface area contributed by atoms with Gasteiger partial charge in [-0.1, -0.05) is 26.2 Å². The van der Waals surface area contributed by atoms with Gasteiger partial charge in [0.2, 0.25) is 0 Å². The van der Waals surface area contributed by atoms with Crippen LogP contribution in [0, 0.1) is 0 Å². The fourth-order valence-corrected chi connectivity index (χ4v) is 3.77. The van der Waals surface area contributed by atoms with Gasteiger partial charge in [-0.05, 0) is 25.7 Å². The Morgan fingerprint density at radius 2 is 1.95 bits per heavy atom. The Balaban J connectivity index is 2.11. The SMILES string of the molecule is CCCc1nc(N2CCCCCC2)sc1CCC(=O)O. The highest BCUT2D eigenvalue weighted by Crippen LogP contribution is 2.30. The second-order valence-corrected chi connectivity index (χ2v) is 6.47. The molecule has 2 heterocycles. The van der Waals surface area contributed by atoms with Crippen molar-refractivity contribution >= 4 is 22.4 Å². The average Bonchev–Trinajstić information content (AvgIpc) is 2.64. The minimum Gasteiger partial charge on any atom is -0.481 e. The maximum absolute atomic E-state index is 10.8. The third-order valence-corrected chi connectivity index (χ3v) is 4.91. The van der Waals surface area contributed by atoms with Gasteiger partial charge in [-0.3, -0.25) is 4.79 Å². The Bertz CT molecular complexity index is 437. The summed E-state index contributed by atoms with van der Waals surface area (Å²) in [5.74, 6) is -0.725. The zero-order valence-electron chi connectivity index (χ0n) is 12.2. The van der Waals surface area contributed by atoms with Crippen molar-refractivity contribution in [2.24, 2.45) is 0 Å². The van der Waals surface area contributed by atoms with E-state index in [2.05, 4.69) is 11.8 Å². The summed E-state index contributed by atoms with van der Waals surface area (Å²) in [4.78, 5) is 19.1. The summed E-state index contributed by atoms with van der Waals surface area (Å²) in [6.07, 6.45) is 7.96. The Morgan fingerprint density at radius 3 is 2.55 bits per heavy atom. The van der Waals surface area contributed by atoms with Crippen molar-refractivity contribution in [3.63, 3.8) is 0 Å². The Kier molecular flexibility index (Phi) is 5.83. The van der Waals surface area contributed by atoms with Crippen LogP contribution in [0.5, 0.6) is 0 Å². The fourth-order valence-electron chi connectivity index (χ4n) is 2.61. The lowest BCUT2D eigenvalue weighted by Gasteiger charge is -2.18. The van der Waals surface area contributed by atoms with E-state index in [0.717, 1.165) is 36.8 Å². The molecule has 5 heteroatoms. The number of aryl methyl sites for hydroxylation is 2. The van der Waals surface area contributed by atoms with Gasteiger partial charge in [-0.25, -0.2) is 4.98 Å². The number of nitrogens with zero attached hydrogens (tertiary/aromatic N) is 2. The van der Waals surface area contributed by atoms with Crippen molar-refractivity contribution < 1.29 is 9.90 Å². The highest BCUT2D eigenvalue weighted by atomic mass is 32.1. The minimum absolute atomic E-state index is 0.207. The molecule has 4 nitrogen and oxygen atoms in total. The van der Waals surface area contributed by atoms with E-state index in [0.29, 0.717) is 6.42 Å². The summed E-state index contributed by atoms with van der Waals surface area (Å²) in [5.41, 5.74) is 1.12. The quantitative estimate of drug-likeness (QED) is 0.873. The predicted octanol–water partition coefficient (Wildman–Crippen LogP) is 3.49. The van der Waals surface area contributed by atoms with Crippen molar-refractivity contribution in [2.45, 2.75) is 58.3 Å². The van der Waals surface area contributed by atoms with Crippen molar-refractivity contribution in [1.29, 1.82) is 0 Å². The van der Waals surface area contributed by atoms with Crippen LogP contribution in [-0.4, -0.2) is 29.1 Å². The molecule has 1 aliphatic heterocycles. The first-order chi connectivity index (χ1) is 9.70. The third kappa shape index (κ3) is 4.20. The van der Waals surface area contributed by atoms with Crippen molar-refractivity contribution in [2.75, 3.05) is 18.0 Å². The monoisotopic (exact) mass is 296 g/mol. The Hall–Kier alpha value is -1.10. The van der Waals surface area contributed by atoms with E-state index in [4.69, 9.17) is 10.1 Å². The van der Waals surface area contributed by atoms with Crippen LogP contribution < -0.4 is 4.90 Å². The summed E-state index contributed by atoms with van der Waals surface area (Å²) in [6, 6.07) is 0. The molecule has 0 atom stereocenters. The number of carboxylic acids is 1. The van der Waals surface area contributed by atoms with Crippen LogP contribution in [0.1, 0.15) is 56.0 Å². The number of rotatable bonds is 6. The van der Waals surface area contributed by atoms with Gasteiger partial charge in [0.25, 0.3) is 0 Å². The van der Waals surface area contributed by atoms with E-state index in [9.17, 15) is 4.79 Å². The van der Waals surface area contributed by atoms with Gasteiger partial charge in [0, 0.05) is 18.0 Å². The van der Waals surface area contributed by atoms with Gasteiger partial charge in [-0.15, -0.1) is 11.3 Å². The molecule has 1 saturated heterocycles. The van der Waals surface area contributed by atoms with Gasteiger partial charge in [0.1, 0.15) is 0 Å². The summed E-state index contributed by atoms with van der Waals surface area (Å²) >= 11 is 1.71. The highest BCUT2D eigenvalue weighted by molar-refractivity contribution is 7.15. The van der Waals surface area contributed by atoms with Gasteiger partial charge in [0.05, 0.1) is 12.1 Å². The smallest absolute Gasteiger partial charge is 0.303 e. The molecule has 1 fully saturated rings. The number of carboxylic acid groups (broad SMARTS) is 1. The summed E-state index contributed by atoms with van der Waals surface area (Å²) in [5, 5.41) is 9.97. The van der Waals surface area contributed by atoms with E-state index >= 15 is 0 Å². The van der Waals surface area contributed by atoms with Crippen molar-refractivity contribution in [1.82, 2.24) is 4.98 Å². The zero-order valence-corrected chi connectivity index (χ0v) is 13.0. The Morgan fingerprint density at radius 1 is 1.25 bits per heavy atom. The number of hydrogen-bond acceptors (Lipinski definition) is 4. The maximum Gasteiger partial charge on any atom is 0.303 e. The van der Waals surface area contributed by atoms with E-state index in [-0.39, 0.29) is 6.42 Å². The molecule has 0 amide bonds.